The summed E-state index contributed by atoms with van der Waals surface area (Å²) in [6.07, 6.45) is 3.64. The van der Waals surface area contributed by atoms with E-state index in [0.29, 0.717) is 11.2 Å². The van der Waals surface area contributed by atoms with E-state index in [1.807, 2.05) is 4.90 Å². The first-order valence-electron chi connectivity index (χ1n) is 8.22. The lowest BCUT2D eigenvalue weighted by Gasteiger charge is -2.22. The summed E-state index contributed by atoms with van der Waals surface area (Å²) in [7, 11) is 1.78. The normalized spacial score (nSPS) is 19.1. The van der Waals surface area contributed by atoms with Crippen LogP contribution in [-0.4, -0.2) is 43.7 Å². The quantitative estimate of drug-likeness (QED) is 0.660. The molecular weight excluding hydrogens is 293 g/mol. The van der Waals surface area contributed by atoms with Gasteiger partial charge in [0.2, 0.25) is 0 Å². The summed E-state index contributed by atoms with van der Waals surface area (Å²) in [5, 5.41) is 6.77. The third-order valence-electron chi connectivity index (χ3n) is 3.96. The molecule has 1 atom stereocenters. The number of aromatic nitrogens is 1. The molecule has 0 bridgehead atoms. The minimum Gasteiger partial charge on any atom is -0.356 e. The molecule has 2 heterocycles. The summed E-state index contributed by atoms with van der Waals surface area (Å²) >= 11 is 0. The summed E-state index contributed by atoms with van der Waals surface area (Å²) in [6, 6.07) is 3.32. The van der Waals surface area contributed by atoms with Gasteiger partial charge in [0.15, 0.2) is 17.6 Å². The van der Waals surface area contributed by atoms with Crippen molar-refractivity contribution in [1.29, 1.82) is 0 Å². The summed E-state index contributed by atoms with van der Waals surface area (Å²) in [5.41, 5.74) is 0.298. The van der Waals surface area contributed by atoms with Gasteiger partial charge in [0, 0.05) is 38.9 Å². The maximum atomic E-state index is 13.8. The maximum absolute atomic E-state index is 13.8. The number of rotatable bonds is 4. The largest absolute Gasteiger partial charge is 0.356 e. The van der Waals surface area contributed by atoms with Gasteiger partial charge in [-0.3, -0.25) is 4.99 Å². The van der Waals surface area contributed by atoms with Crippen LogP contribution in [0.15, 0.2) is 23.3 Å². The Hall–Kier alpha value is -1.85. The summed E-state index contributed by atoms with van der Waals surface area (Å²) in [6.45, 7) is 9.08. The molecule has 1 aliphatic rings. The van der Waals surface area contributed by atoms with Gasteiger partial charge >= 0.3 is 0 Å². The van der Waals surface area contributed by atoms with E-state index in [-0.39, 0.29) is 11.9 Å². The lowest BCUT2D eigenvalue weighted by Crippen LogP contribution is -2.45. The van der Waals surface area contributed by atoms with Gasteiger partial charge in [0.25, 0.3) is 0 Å². The van der Waals surface area contributed by atoms with Crippen LogP contribution in [0.25, 0.3) is 0 Å². The molecule has 1 unspecified atom stereocenters. The average Bonchev–Trinajstić information content (AvgIpc) is 2.93. The molecule has 128 valence electrons. The first kappa shape index (κ1) is 17.5. The molecule has 23 heavy (non-hydrogen) atoms. The Balaban J connectivity index is 1.83. The van der Waals surface area contributed by atoms with Crippen LogP contribution in [0.5, 0.6) is 0 Å². The lowest BCUT2D eigenvalue weighted by molar-refractivity contribution is 0.377. The molecule has 2 N–H and O–H groups in total. The van der Waals surface area contributed by atoms with E-state index in [0.717, 1.165) is 38.4 Å². The van der Waals surface area contributed by atoms with Gasteiger partial charge in [-0.2, -0.15) is 0 Å². The van der Waals surface area contributed by atoms with Crippen molar-refractivity contribution in [1.82, 2.24) is 15.6 Å². The van der Waals surface area contributed by atoms with Gasteiger partial charge in [-0.15, -0.1) is 0 Å². The van der Waals surface area contributed by atoms with Crippen LogP contribution in [-0.2, 0) is 0 Å². The molecule has 0 spiro atoms. The van der Waals surface area contributed by atoms with E-state index >= 15 is 0 Å². The van der Waals surface area contributed by atoms with Crippen molar-refractivity contribution in [3.63, 3.8) is 0 Å². The molecule has 1 fully saturated rings. The number of aliphatic imine (C=N–C) groups is 1. The van der Waals surface area contributed by atoms with Gasteiger partial charge in [-0.1, -0.05) is 20.8 Å². The Bertz CT molecular complexity index is 538. The van der Waals surface area contributed by atoms with Crippen molar-refractivity contribution in [2.24, 2.45) is 10.4 Å². The van der Waals surface area contributed by atoms with Crippen LogP contribution in [0.4, 0.5) is 10.2 Å². The van der Waals surface area contributed by atoms with Crippen LogP contribution in [0.3, 0.4) is 0 Å². The van der Waals surface area contributed by atoms with Crippen LogP contribution >= 0.6 is 0 Å². The van der Waals surface area contributed by atoms with E-state index < -0.39 is 0 Å². The second-order valence-corrected chi connectivity index (χ2v) is 7.19. The molecule has 2 rings (SSSR count). The molecule has 0 aliphatic carbocycles. The zero-order chi connectivity index (χ0) is 16.9. The van der Waals surface area contributed by atoms with Crippen LogP contribution in [0, 0.1) is 11.2 Å². The van der Waals surface area contributed by atoms with Crippen LogP contribution in [0.2, 0.25) is 0 Å². The van der Waals surface area contributed by atoms with Crippen molar-refractivity contribution >= 4 is 11.8 Å². The van der Waals surface area contributed by atoms with Crippen molar-refractivity contribution < 1.29 is 4.39 Å². The van der Waals surface area contributed by atoms with E-state index in [2.05, 4.69) is 41.4 Å². The Morgan fingerprint density at radius 3 is 2.91 bits per heavy atom. The van der Waals surface area contributed by atoms with Crippen LogP contribution in [0.1, 0.15) is 33.6 Å². The van der Waals surface area contributed by atoms with Crippen molar-refractivity contribution in [2.75, 3.05) is 31.6 Å². The highest BCUT2D eigenvalue weighted by Gasteiger charge is 2.25. The third kappa shape index (κ3) is 5.37. The molecule has 1 aliphatic heterocycles. The second-order valence-electron chi connectivity index (χ2n) is 7.19. The van der Waals surface area contributed by atoms with E-state index in [1.165, 1.54) is 6.07 Å². The molecule has 6 heteroatoms. The van der Waals surface area contributed by atoms with E-state index in [4.69, 9.17) is 0 Å². The number of hydrogen-bond donors (Lipinski definition) is 2. The first-order chi connectivity index (χ1) is 10.9. The number of pyridine rings is 1. The molecule has 1 saturated heterocycles. The highest BCUT2D eigenvalue weighted by molar-refractivity contribution is 5.80. The molecule has 1 aromatic rings. The predicted octanol–water partition coefficient (Wildman–Crippen LogP) is 2.40. The van der Waals surface area contributed by atoms with Gasteiger partial charge < -0.3 is 15.5 Å². The summed E-state index contributed by atoms with van der Waals surface area (Å²) in [5.74, 6) is 0.982. The summed E-state index contributed by atoms with van der Waals surface area (Å²) in [4.78, 5) is 10.4. The van der Waals surface area contributed by atoms with Gasteiger partial charge in [0.05, 0.1) is 0 Å². The summed E-state index contributed by atoms with van der Waals surface area (Å²) < 4.78 is 13.8. The molecule has 5 nitrogen and oxygen atoms in total. The fourth-order valence-corrected chi connectivity index (χ4v) is 2.62. The monoisotopic (exact) mass is 321 g/mol. The van der Waals surface area contributed by atoms with Crippen LogP contribution < -0.4 is 15.5 Å². The fraction of sp³-hybridized carbons (Fsp3) is 0.647. The number of hydrogen-bond acceptors (Lipinski definition) is 3. The number of guanidine groups is 1. The van der Waals surface area contributed by atoms with Crippen molar-refractivity contribution in [2.45, 2.75) is 39.7 Å². The maximum Gasteiger partial charge on any atom is 0.191 e. The molecule has 0 amide bonds. The van der Waals surface area contributed by atoms with E-state index in [1.54, 1.807) is 19.3 Å². The lowest BCUT2D eigenvalue weighted by atomic mass is 9.92. The molecule has 0 radical (unpaired) electrons. The van der Waals surface area contributed by atoms with Gasteiger partial charge in [-0.25, -0.2) is 9.37 Å². The third-order valence-corrected chi connectivity index (χ3v) is 3.96. The molecule has 0 aromatic carbocycles. The van der Waals surface area contributed by atoms with Crippen molar-refractivity contribution in [3.05, 3.63) is 24.1 Å². The zero-order valence-corrected chi connectivity index (χ0v) is 14.6. The van der Waals surface area contributed by atoms with Gasteiger partial charge in [0.1, 0.15) is 0 Å². The SMILES string of the molecule is CN=C(NCCC(C)(C)C)NC1CCN(c2ncccc2F)C1. The zero-order valence-electron chi connectivity index (χ0n) is 14.6. The molecule has 1 aromatic heterocycles. The fourth-order valence-electron chi connectivity index (χ4n) is 2.62. The Morgan fingerprint density at radius 1 is 1.48 bits per heavy atom. The number of nitrogens with zero attached hydrogens (tertiary/aromatic N) is 3. The minimum absolute atomic E-state index is 0.247. The second kappa shape index (κ2) is 7.62. The highest BCUT2D eigenvalue weighted by atomic mass is 19.1. The Morgan fingerprint density at radius 2 is 2.26 bits per heavy atom. The van der Waals surface area contributed by atoms with Crippen molar-refractivity contribution in [3.8, 4) is 0 Å². The Labute approximate surface area is 138 Å². The number of nitrogens with one attached hydrogen (secondary N) is 2. The standard InChI is InChI=1S/C17H28FN5/c1-17(2,3)8-10-21-16(19-4)22-13-7-11-23(12-13)15-14(18)6-5-9-20-15/h5-6,9,13H,7-8,10-12H2,1-4H3,(H2,19,21,22). The smallest absolute Gasteiger partial charge is 0.191 e. The average molecular weight is 321 g/mol. The first-order valence-corrected chi connectivity index (χ1v) is 8.22. The highest BCUT2D eigenvalue weighted by Crippen LogP contribution is 2.20. The Kier molecular flexibility index (Phi) is 5.80. The molecular formula is C17H28FN5. The topological polar surface area (TPSA) is 52.6 Å². The molecule has 0 saturated carbocycles. The van der Waals surface area contributed by atoms with Gasteiger partial charge in [-0.05, 0) is 30.4 Å². The van der Waals surface area contributed by atoms with E-state index in [9.17, 15) is 4.39 Å². The number of halogens is 1. The minimum atomic E-state index is -0.263. The number of anilines is 1. The predicted molar refractivity (Wildman–Crippen MR) is 93.4 cm³/mol.